The van der Waals surface area contributed by atoms with Crippen molar-refractivity contribution in [3.05, 3.63) is 143 Å². The minimum absolute atomic E-state index is 0.0246. The zero-order valence-corrected chi connectivity index (χ0v) is 19.6. The van der Waals surface area contributed by atoms with Gasteiger partial charge in [0.2, 0.25) is 0 Å². The highest BCUT2D eigenvalue weighted by Crippen LogP contribution is 2.63. The molecule has 0 fully saturated rings. The topological polar surface area (TPSA) is 46.5 Å². The van der Waals surface area contributed by atoms with Crippen molar-refractivity contribution in [2.75, 3.05) is 0 Å². The van der Waals surface area contributed by atoms with Crippen LogP contribution in [0.4, 0.5) is 0 Å². The third-order valence-electron chi connectivity index (χ3n) is 8.05. The fourth-order valence-corrected chi connectivity index (χ4v) is 6.56. The number of phenolic OH excluding ortho intramolecular Hbond substituents is 1. The first-order chi connectivity index (χ1) is 17.7. The smallest absolute Gasteiger partial charge is 0.323 e. The fraction of sp³-hybridized carbons (Fsp3) is 0.121. The molecular weight excluding hydrogens is 444 g/mol. The Morgan fingerprint density at radius 3 is 1.86 bits per heavy atom. The number of para-hydroxylation sites is 1. The molecule has 0 saturated carbocycles. The molecule has 0 saturated heterocycles. The van der Waals surface area contributed by atoms with E-state index in [9.17, 15) is 9.90 Å². The number of aromatic hydroxyl groups is 1. The van der Waals surface area contributed by atoms with Crippen molar-refractivity contribution in [2.24, 2.45) is 0 Å². The van der Waals surface area contributed by atoms with Crippen molar-refractivity contribution in [3.8, 4) is 11.5 Å². The molecule has 0 aromatic heterocycles. The first-order valence-electron chi connectivity index (χ1n) is 12.3. The van der Waals surface area contributed by atoms with Crippen LogP contribution in [0.1, 0.15) is 46.1 Å². The molecule has 0 radical (unpaired) electrons. The van der Waals surface area contributed by atoms with Crippen LogP contribution in [-0.4, -0.2) is 11.1 Å². The van der Waals surface area contributed by atoms with E-state index in [0.717, 1.165) is 21.9 Å². The second kappa shape index (κ2) is 7.82. The highest BCUT2D eigenvalue weighted by atomic mass is 16.5. The van der Waals surface area contributed by atoms with E-state index in [4.69, 9.17) is 4.74 Å². The van der Waals surface area contributed by atoms with E-state index < -0.39 is 5.41 Å². The highest BCUT2D eigenvalue weighted by Gasteiger charge is 2.59. The summed E-state index contributed by atoms with van der Waals surface area (Å²) in [7, 11) is 0. The van der Waals surface area contributed by atoms with E-state index in [1.807, 2.05) is 60.7 Å². The van der Waals surface area contributed by atoms with E-state index in [1.54, 1.807) is 18.2 Å². The Labute approximate surface area is 209 Å². The second-order valence-corrected chi connectivity index (χ2v) is 9.84. The Balaban J connectivity index is 1.53. The largest absolute Gasteiger partial charge is 0.508 e. The van der Waals surface area contributed by atoms with Crippen LogP contribution >= 0.6 is 0 Å². The molecule has 1 unspecified atom stereocenters. The lowest BCUT2D eigenvalue weighted by atomic mass is 9.50. The van der Waals surface area contributed by atoms with Crippen molar-refractivity contribution in [1.82, 2.24) is 0 Å². The first-order valence-corrected chi connectivity index (χ1v) is 12.3. The number of esters is 1. The van der Waals surface area contributed by atoms with Gasteiger partial charge in [-0.1, -0.05) is 91.0 Å². The third kappa shape index (κ3) is 2.89. The summed E-state index contributed by atoms with van der Waals surface area (Å²) in [6.07, 6.45) is 0.531. The van der Waals surface area contributed by atoms with Crippen LogP contribution in [0.5, 0.6) is 11.5 Å². The lowest BCUT2D eigenvalue weighted by molar-refractivity contribution is -0.142. The molecule has 8 rings (SSSR count). The number of carbonyl (C=O) groups is 1. The van der Waals surface area contributed by atoms with Crippen LogP contribution in [0.3, 0.4) is 0 Å². The second-order valence-electron chi connectivity index (χ2n) is 9.84. The number of hydrogen-bond donors (Lipinski definition) is 1. The molecule has 1 atom stereocenters. The lowest BCUT2D eigenvalue weighted by Crippen LogP contribution is -2.51. The number of rotatable bonds is 3. The van der Waals surface area contributed by atoms with Gasteiger partial charge in [0, 0.05) is 17.4 Å². The molecule has 3 nitrogen and oxygen atoms in total. The average molecular weight is 469 g/mol. The summed E-state index contributed by atoms with van der Waals surface area (Å²) in [6, 6.07) is 37.8. The Hall–Kier alpha value is -4.37. The van der Waals surface area contributed by atoms with Crippen LogP contribution in [0.25, 0.3) is 10.8 Å². The van der Waals surface area contributed by atoms with Crippen LogP contribution in [0, 0.1) is 0 Å². The zero-order chi connectivity index (χ0) is 24.3. The summed E-state index contributed by atoms with van der Waals surface area (Å²) in [6.45, 7) is 0. The summed E-state index contributed by atoms with van der Waals surface area (Å²) >= 11 is 0. The maximum absolute atomic E-state index is 14.5. The van der Waals surface area contributed by atoms with E-state index in [2.05, 4.69) is 36.4 Å². The molecule has 1 N–H and O–H groups in total. The van der Waals surface area contributed by atoms with Gasteiger partial charge < -0.3 is 9.84 Å². The predicted molar refractivity (Wildman–Crippen MR) is 141 cm³/mol. The molecule has 2 bridgehead atoms. The number of fused-ring (bicyclic) bond motifs is 2. The van der Waals surface area contributed by atoms with Crippen molar-refractivity contribution in [1.29, 1.82) is 0 Å². The van der Waals surface area contributed by atoms with Crippen LogP contribution < -0.4 is 4.74 Å². The van der Waals surface area contributed by atoms with Gasteiger partial charge in [-0.25, -0.2) is 0 Å². The lowest BCUT2D eigenvalue weighted by Gasteiger charge is -2.52. The number of ether oxygens (including phenoxy) is 1. The van der Waals surface area contributed by atoms with Crippen LogP contribution in [-0.2, 0) is 10.2 Å². The predicted octanol–water partition coefficient (Wildman–Crippen LogP) is 7.07. The molecule has 3 aliphatic rings. The van der Waals surface area contributed by atoms with Gasteiger partial charge in [-0.05, 0) is 63.7 Å². The Kier molecular flexibility index (Phi) is 4.55. The van der Waals surface area contributed by atoms with Crippen molar-refractivity contribution in [2.45, 2.75) is 23.7 Å². The first kappa shape index (κ1) is 21.0. The van der Waals surface area contributed by atoms with Gasteiger partial charge in [-0.2, -0.15) is 0 Å². The minimum Gasteiger partial charge on any atom is -0.508 e. The van der Waals surface area contributed by atoms with Gasteiger partial charge in [0.05, 0.1) is 0 Å². The third-order valence-corrected chi connectivity index (χ3v) is 8.05. The summed E-state index contributed by atoms with van der Waals surface area (Å²) in [5.41, 5.74) is 4.31. The number of benzene rings is 5. The molecule has 0 heterocycles. The molecule has 5 aromatic rings. The molecule has 0 spiro atoms. The minimum atomic E-state index is -1.09. The van der Waals surface area contributed by atoms with Gasteiger partial charge in [-0.15, -0.1) is 0 Å². The molecule has 3 heteroatoms. The molecule has 174 valence electrons. The summed E-state index contributed by atoms with van der Waals surface area (Å²) < 4.78 is 6.11. The summed E-state index contributed by atoms with van der Waals surface area (Å²) in [4.78, 5) is 14.5. The molecule has 0 aliphatic heterocycles. The maximum atomic E-state index is 14.5. The standard InChI is InChI=1S/C33H24O3/c34-30-19-22-11-5-4-10-21(22)18-29(30)33(32(35)36-23-12-2-1-3-13-23)20-28-24-14-6-8-16-26(24)31(33)27-17-9-7-15-25(27)28/h1-19,28,31,34H,20H2. The SMILES string of the molecule is O=C(Oc1ccccc1)C1(c2cc3ccccc3cc2O)CC2c3ccccc3C1c1ccccc12. The maximum Gasteiger partial charge on any atom is 0.323 e. The van der Waals surface area contributed by atoms with E-state index >= 15 is 0 Å². The zero-order valence-electron chi connectivity index (χ0n) is 19.6. The van der Waals surface area contributed by atoms with Gasteiger partial charge in [0.25, 0.3) is 0 Å². The normalized spacial score (nSPS) is 21.6. The van der Waals surface area contributed by atoms with Gasteiger partial charge in [-0.3, -0.25) is 4.79 Å². The molecule has 5 aromatic carbocycles. The molecule has 3 aliphatic carbocycles. The number of phenols is 1. The van der Waals surface area contributed by atoms with E-state index in [1.165, 1.54) is 11.1 Å². The fourth-order valence-electron chi connectivity index (χ4n) is 6.56. The van der Waals surface area contributed by atoms with Gasteiger partial charge in [0.1, 0.15) is 16.9 Å². The van der Waals surface area contributed by atoms with E-state index in [-0.39, 0.29) is 23.6 Å². The molecule has 36 heavy (non-hydrogen) atoms. The van der Waals surface area contributed by atoms with E-state index in [0.29, 0.717) is 17.7 Å². The number of carbonyl (C=O) groups excluding carboxylic acids is 1. The van der Waals surface area contributed by atoms with Gasteiger partial charge >= 0.3 is 5.97 Å². The Morgan fingerprint density at radius 2 is 1.22 bits per heavy atom. The van der Waals surface area contributed by atoms with Crippen molar-refractivity contribution >= 4 is 16.7 Å². The van der Waals surface area contributed by atoms with Gasteiger partial charge in [0.15, 0.2) is 0 Å². The quantitative estimate of drug-likeness (QED) is 0.228. The average Bonchev–Trinajstić information content (AvgIpc) is 2.93. The Morgan fingerprint density at radius 1 is 0.694 bits per heavy atom. The summed E-state index contributed by atoms with van der Waals surface area (Å²) in [5, 5.41) is 13.4. The monoisotopic (exact) mass is 468 g/mol. The van der Waals surface area contributed by atoms with Crippen LogP contribution in [0.15, 0.2) is 115 Å². The molecule has 0 amide bonds. The Bertz CT molecular complexity index is 1590. The molecular formula is C33H24O3. The summed E-state index contributed by atoms with van der Waals surface area (Å²) in [5.74, 6) is 0.0412. The van der Waals surface area contributed by atoms with Crippen molar-refractivity contribution < 1.29 is 14.6 Å². The number of hydrogen-bond acceptors (Lipinski definition) is 3. The van der Waals surface area contributed by atoms with Crippen molar-refractivity contribution in [3.63, 3.8) is 0 Å². The highest BCUT2D eigenvalue weighted by molar-refractivity contribution is 5.94. The van der Waals surface area contributed by atoms with Crippen LogP contribution in [0.2, 0.25) is 0 Å².